The molecule has 9 N–H and O–H groups in total. The summed E-state index contributed by atoms with van der Waals surface area (Å²) >= 11 is 0. The van der Waals surface area contributed by atoms with Crippen molar-refractivity contribution in [2.24, 2.45) is 5.73 Å². The lowest BCUT2D eigenvalue weighted by Gasteiger charge is -2.23. The Kier molecular flexibility index (Phi) is 11.2. The van der Waals surface area contributed by atoms with Crippen molar-refractivity contribution in [1.29, 1.82) is 5.41 Å². The Bertz CT molecular complexity index is 1090. The maximum Gasteiger partial charge on any atom is 0.305 e. The van der Waals surface area contributed by atoms with Crippen LogP contribution in [-0.4, -0.2) is 71.1 Å². The Morgan fingerprint density at radius 1 is 0.974 bits per heavy atom. The van der Waals surface area contributed by atoms with Crippen molar-refractivity contribution in [2.45, 2.75) is 63.7 Å². The van der Waals surface area contributed by atoms with Crippen LogP contribution in [0.15, 0.2) is 24.3 Å². The molecule has 14 heteroatoms. The zero-order chi connectivity index (χ0) is 28.2. The van der Waals surface area contributed by atoms with Crippen LogP contribution in [0.1, 0.15) is 54.9 Å². The number of hydrogen-bond acceptors (Lipinski definition) is 7. The maximum atomic E-state index is 13.0. The molecule has 1 heterocycles. The van der Waals surface area contributed by atoms with Crippen LogP contribution in [0.2, 0.25) is 0 Å². The molecule has 0 aromatic heterocycles. The highest BCUT2D eigenvalue weighted by Gasteiger charge is 2.28. The minimum Gasteiger partial charge on any atom is -0.481 e. The summed E-state index contributed by atoms with van der Waals surface area (Å²) in [6.07, 6.45) is 0.0842. The topological polar surface area (TPSA) is 233 Å². The molecule has 3 atom stereocenters. The molecule has 2 rings (SSSR count). The van der Waals surface area contributed by atoms with Crippen LogP contribution >= 0.6 is 0 Å². The van der Waals surface area contributed by atoms with Crippen LogP contribution in [-0.2, 0) is 30.5 Å². The van der Waals surface area contributed by atoms with E-state index in [1.54, 1.807) is 19.1 Å². The third-order valence-electron chi connectivity index (χ3n) is 5.71. The van der Waals surface area contributed by atoms with Gasteiger partial charge < -0.3 is 37.4 Å². The molecule has 0 spiro atoms. The first-order valence-corrected chi connectivity index (χ1v) is 12.1. The smallest absolute Gasteiger partial charge is 0.305 e. The van der Waals surface area contributed by atoms with Gasteiger partial charge in [0, 0.05) is 18.5 Å². The lowest BCUT2D eigenvalue weighted by Crippen LogP contribution is -2.55. The molecule has 14 nitrogen and oxygen atoms in total. The number of benzene rings is 1. The SMILES string of the molecule is CC[C@H]1NC(=O)c2cccc(c2)CNC(=O)[C@H](CC(=O)O)NC(=O)CNC(=O)[C@H](CCCC(=N)N)NC1=O. The van der Waals surface area contributed by atoms with Gasteiger partial charge in [-0.1, -0.05) is 19.1 Å². The molecule has 0 aliphatic carbocycles. The van der Waals surface area contributed by atoms with Gasteiger partial charge in [0.05, 0.1) is 18.8 Å². The molecule has 0 radical (unpaired) electrons. The van der Waals surface area contributed by atoms with E-state index in [0.717, 1.165) is 0 Å². The number of amidine groups is 1. The van der Waals surface area contributed by atoms with Gasteiger partial charge in [-0.15, -0.1) is 0 Å². The van der Waals surface area contributed by atoms with E-state index in [1.807, 2.05) is 0 Å². The number of hydrogen-bond donors (Lipinski definition) is 8. The number of carbonyl (C=O) groups is 6. The maximum absolute atomic E-state index is 13.0. The van der Waals surface area contributed by atoms with Crippen LogP contribution in [0, 0.1) is 5.41 Å². The van der Waals surface area contributed by atoms with E-state index in [4.69, 9.17) is 16.2 Å². The fourth-order valence-corrected chi connectivity index (χ4v) is 3.69. The third-order valence-corrected chi connectivity index (χ3v) is 5.71. The monoisotopic (exact) mass is 531 g/mol. The van der Waals surface area contributed by atoms with E-state index in [9.17, 15) is 28.8 Å². The summed E-state index contributed by atoms with van der Waals surface area (Å²) in [4.78, 5) is 74.9. The van der Waals surface area contributed by atoms with Crippen molar-refractivity contribution in [3.05, 3.63) is 35.4 Å². The van der Waals surface area contributed by atoms with Crippen LogP contribution in [0.5, 0.6) is 0 Å². The minimum absolute atomic E-state index is 0.0533. The van der Waals surface area contributed by atoms with E-state index in [2.05, 4.69) is 26.6 Å². The Morgan fingerprint density at radius 2 is 1.66 bits per heavy atom. The highest BCUT2D eigenvalue weighted by atomic mass is 16.4. The number of fused-ring (bicyclic) bond motifs is 2. The third kappa shape index (κ3) is 9.52. The Hall–Kier alpha value is -4.49. The second-order valence-corrected chi connectivity index (χ2v) is 8.77. The molecule has 5 amide bonds. The summed E-state index contributed by atoms with van der Waals surface area (Å²) in [5, 5.41) is 28.9. The highest BCUT2D eigenvalue weighted by Crippen LogP contribution is 2.08. The van der Waals surface area contributed by atoms with Crippen molar-refractivity contribution < 1.29 is 33.9 Å². The zero-order valence-electron chi connectivity index (χ0n) is 21.0. The van der Waals surface area contributed by atoms with Gasteiger partial charge in [0.25, 0.3) is 5.91 Å². The largest absolute Gasteiger partial charge is 0.481 e. The average Bonchev–Trinajstić information content (AvgIpc) is 2.86. The Morgan fingerprint density at radius 3 is 2.32 bits per heavy atom. The summed E-state index contributed by atoms with van der Waals surface area (Å²) in [6, 6.07) is 2.77. The van der Waals surface area contributed by atoms with Gasteiger partial charge in [-0.25, -0.2) is 0 Å². The van der Waals surface area contributed by atoms with Crippen molar-refractivity contribution >= 4 is 41.3 Å². The summed E-state index contributed by atoms with van der Waals surface area (Å²) in [5.74, 6) is -4.87. The average molecular weight is 532 g/mol. The van der Waals surface area contributed by atoms with Gasteiger partial charge in [-0.2, -0.15) is 0 Å². The lowest BCUT2D eigenvalue weighted by atomic mass is 10.1. The van der Waals surface area contributed by atoms with E-state index in [0.29, 0.717) is 5.56 Å². The Labute approximate surface area is 219 Å². The molecule has 2 bridgehead atoms. The number of amides is 5. The standard InChI is InChI=1S/C24H33N7O7/c1-2-15-24(38)31-16(7-4-8-18(25)26)22(36)28-12-19(32)29-17(10-20(33)34)23(37)27-11-13-5-3-6-14(9-13)21(35)30-15/h3,5-6,9,15-17H,2,4,7-8,10-12H2,1H3,(H3,25,26)(H,27,37)(H,28,36)(H,29,32)(H,30,35)(H,31,38)(H,33,34)/t15-,16+,17+/m1/s1. The molecule has 0 saturated heterocycles. The van der Waals surface area contributed by atoms with E-state index >= 15 is 0 Å². The molecule has 206 valence electrons. The molecule has 0 fully saturated rings. The second kappa shape index (κ2) is 14.3. The number of nitrogens with two attached hydrogens (primary N) is 1. The first-order chi connectivity index (χ1) is 18.0. The predicted molar refractivity (Wildman–Crippen MR) is 135 cm³/mol. The van der Waals surface area contributed by atoms with Gasteiger partial charge >= 0.3 is 5.97 Å². The number of carboxylic acid groups (broad SMARTS) is 1. The van der Waals surface area contributed by atoms with E-state index in [1.165, 1.54) is 12.1 Å². The molecule has 0 saturated carbocycles. The number of aliphatic carboxylic acids is 1. The molecule has 38 heavy (non-hydrogen) atoms. The second-order valence-electron chi connectivity index (χ2n) is 8.77. The van der Waals surface area contributed by atoms with Crippen molar-refractivity contribution in [2.75, 3.05) is 6.54 Å². The van der Waals surface area contributed by atoms with Crippen LogP contribution in [0.4, 0.5) is 0 Å². The predicted octanol–water partition coefficient (Wildman–Crippen LogP) is -1.51. The normalized spacial score (nSPS) is 21.5. The molecule has 0 unspecified atom stereocenters. The van der Waals surface area contributed by atoms with Gasteiger partial charge in [0.2, 0.25) is 23.6 Å². The lowest BCUT2D eigenvalue weighted by molar-refractivity contribution is -0.140. The molecule has 1 aromatic carbocycles. The summed E-state index contributed by atoms with van der Waals surface area (Å²) < 4.78 is 0. The summed E-state index contributed by atoms with van der Waals surface area (Å²) in [7, 11) is 0. The summed E-state index contributed by atoms with van der Waals surface area (Å²) in [6.45, 7) is 1.05. The quantitative estimate of drug-likeness (QED) is 0.152. The van der Waals surface area contributed by atoms with Crippen molar-refractivity contribution in [1.82, 2.24) is 26.6 Å². The van der Waals surface area contributed by atoms with Gasteiger partial charge in [-0.3, -0.25) is 34.2 Å². The van der Waals surface area contributed by atoms with Crippen LogP contribution in [0.3, 0.4) is 0 Å². The molecule has 1 aliphatic heterocycles. The van der Waals surface area contributed by atoms with Gasteiger partial charge in [-0.05, 0) is 37.0 Å². The fraction of sp³-hybridized carbons (Fsp3) is 0.458. The first kappa shape index (κ1) is 29.7. The van der Waals surface area contributed by atoms with E-state index < -0.39 is 66.6 Å². The summed E-state index contributed by atoms with van der Waals surface area (Å²) in [5.41, 5.74) is 6.12. The fourth-order valence-electron chi connectivity index (χ4n) is 3.69. The van der Waals surface area contributed by atoms with Crippen LogP contribution < -0.4 is 32.3 Å². The number of carboxylic acids is 1. The van der Waals surface area contributed by atoms with E-state index in [-0.39, 0.29) is 43.6 Å². The molecular weight excluding hydrogens is 498 g/mol. The van der Waals surface area contributed by atoms with Crippen LogP contribution in [0.25, 0.3) is 0 Å². The van der Waals surface area contributed by atoms with Gasteiger partial charge in [0.1, 0.15) is 18.1 Å². The molecule has 1 aromatic rings. The van der Waals surface area contributed by atoms with Crippen molar-refractivity contribution in [3.63, 3.8) is 0 Å². The highest BCUT2D eigenvalue weighted by molar-refractivity contribution is 5.99. The van der Waals surface area contributed by atoms with Gasteiger partial charge in [0.15, 0.2) is 0 Å². The zero-order valence-corrected chi connectivity index (χ0v) is 21.0. The number of rotatable bonds is 7. The molecular formula is C24H33N7O7. The first-order valence-electron chi connectivity index (χ1n) is 12.1. The molecule has 1 aliphatic rings. The number of carbonyl (C=O) groups excluding carboxylic acids is 5. The number of nitrogens with one attached hydrogen (secondary N) is 6. The van der Waals surface area contributed by atoms with Crippen molar-refractivity contribution in [3.8, 4) is 0 Å². The minimum atomic E-state index is -1.42. The Balaban J connectivity index is 2.35.